The molecule has 0 atom stereocenters. The number of hydrogen-bond acceptors (Lipinski definition) is 3. The van der Waals surface area contributed by atoms with Gasteiger partial charge in [-0.05, 0) is 19.3 Å². The Morgan fingerprint density at radius 2 is 1.46 bits per heavy atom. The van der Waals surface area contributed by atoms with Crippen molar-refractivity contribution >= 4 is 6.79 Å². The first-order chi connectivity index (χ1) is 6.41. The first-order valence-electron chi connectivity index (χ1n) is 4.33. The lowest BCUT2D eigenvalue weighted by atomic mass is 10.4. The molecule has 1 aliphatic carbocycles. The number of hydrogen-bond donors (Lipinski definition) is 0. The minimum atomic E-state index is 0.691. The smallest absolute Gasteiger partial charge is 0.106 e. The molecule has 0 aromatic rings. The highest BCUT2D eigenvalue weighted by molar-refractivity contribution is 5.10. The van der Waals surface area contributed by atoms with Gasteiger partial charge in [-0.1, -0.05) is 12.2 Å². The molecule has 1 aliphatic rings. The van der Waals surface area contributed by atoms with E-state index >= 15 is 0 Å². The van der Waals surface area contributed by atoms with Crippen LogP contribution in [0.3, 0.4) is 0 Å². The number of rotatable bonds is 3. The molecule has 0 bridgehead atoms. The number of carbonyl (C=O) groups is 1. The van der Waals surface area contributed by atoms with Crippen molar-refractivity contribution in [3.63, 3.8) is 0 Å². The highest BCUT2D eigenvalue weighted by Crippen LogP contribution is 2.05. The van der Waals surface area contributed by atoms with Crippen molar-refractivity contribution in [1.29, 1.82) is 0 Å². The minimum absolute atomic E-state index is 0.691. The average molecular weight is 188 g/mol. The molecular weight excluding hydrogens is 168 g/mol. The summed E-state index contributed by atoms with van der Waals surface area (Å²) in [6.07, 6.45) is 8.50. The van der Waals surface area contributed by atoms with Crippen molar-refractivity contribution in [2.75, 3.05) is 27.4 Å². The maximum atomic E-state index is 8.00. The molecule has 3 heteroatoms. The van der Waals surface area contributed by atoms with Gasteiger partial charge in [0.15, 0.2) is 0 Å². The molecule has 0 heterocycles. The minimum Gasteiger partial charge on any atom is -0.382 e. The van der Waals surface area contributed by atoms with Crippen LogP contribution >= 0.6 is 0 Å². The SMILES string of the molecule is C1=CCCC1.C=O.COCCOC. The molecule has 78 valence electrons. The van der Waals surface area contributed by atoms with E-state index in [1.54, 1.807) is 14.2 Å². The third-order valence-electron chi connectivity index (χ3n) is 1.40. The van der Waals surface area contributed by atoms with E-state index in [2.05, 4.69) is 21.6 Å². The zero-order chi connectivity index (χ0) is 10.4. The molecule has 0 saturated heterocycles. The fourth-order valence-corrected chi connectivity index (χ4v) is 0.756. The Bertz CT molecular complexity index is 92.3. The highest BCUT2D eigenvalue weighted by Gasteiger charge is 1.84. The predicted octanol–water partition coefficient (Wildman–Crippen LogP) is 1.82. The lowest BCUT2D eigenvalue weighted by Crippen LogP contribution is -1.96. The van der Waals surface area contributed by atoms with Crippen LogP contribution in [0.4, 0.5) is 0 Å². The summed E-state index contributed by atoms with van der Waals surface area (Å²) in [4.78, 5) is 8.00. The fourth-order valence-electron chi connectivity index (χ4n) is 0.756. The highest BCUT2D eigenvalue weighted by atomic mass is 16.5. The van der Waals surface area contributed by atoms with Crippen molar-refractivity contribution in [3.8, 4) is 0 Å². The van der Waals surface area contributed by atoms with Gasteiger partial charge in [-0.25, -0.2) is 0 Å². The summed E-state index contributed by atoms with van der Waals surface area (Å²) in [6, 6.07) is 0. The summed E-state index contributed by atoms with van der Waals surface area (Å²) in [5.41, 5.74) is 0. The summed E-state index contributed by atoms with van der Waals surface area (Å²) in [5, 5.41) is 0. The number of ether oxygens (including phenoxy) is 2. The van der Waals surface area contributed by atoms with Gasteiger partial charge in [0.05, 0.1) is 13.2 Å². The summed E-state index contributed by atoms with van der Waals surface area (Å²) in [5.74, 6) is 0. The molecule has 1 rings (SSSR count). The Labute approximate surface area is 80.7 Å². The van der Waals surface area contributed by atoms with E-state index in [-0.39, 0.29) is 0 Å². The second-order valence-electron chi connectivity index (χ2n) is 2.39. The molecule has 0 aromatic heterocycles. The van der Waals surface area contributed by atoms with Crippen LogP contribution in [0.25, 0.3) is 0 Å². The first kappa shape index (κ1) is 14.8. The van der Waals surface area contributed by atoms with Gasteiger partial charge in [-0.3, -0.25) is 0 Å². The molecule has 0 aromatic carbocycles. The van der Waals surface area contributed by atoms with E-state index in [1.165, 1.54) is 19.3 Å². The third kappa shape index (κ3) is 18.4. The molecule has 0 unspecified atom stereocenters. The van der Waals surface area contributed by atoms with E-state index < -0.39 is 0 Å². The van der Waals surface area contributed by atoms with Crippen molar-refractivity contribution in [3.05, 3.63) is 12.2 Å². The monoisotopic (exact) mass is 188 g/mol. The van der Waals surface area contributed by atoms with Crippen LogP contribution < -0.4 is 0 Å². The number of allylic oxidation sites excluding steroid dienone is 2. The van der Waals surface area contributed by atoms with Crippen LogP contribution in [0.15, 0.2) is 12.2 Å². The van der Waals surface area contributed by atoms with E-state index in [0.29, 0.717) is 13.2 Å². The standard InChI is InChI=1S/C5H8.C4H10O2.CH2O/c1-2-4-5-3-1;1-5-3-4-6-2;1-2/h1-2H,3-5H2;3-4H2,1-2H3;1H2. The maximum absolute atomic E-state index is 8.00. The van der Waals surface area contributed by atoms with Crippen molar-refractivity contribution in [1.82, 2.24) is 0 Å². The Morgan fingerprint density at radius 1 is 1.08 bits per heavy atom. The van der Waals surface area contributed by atoms with Crippen LogP contribution in [-0.2, 0) is 14.3 Å². The van der Waals surface area contributed by atoms with E-state index in [9.17, 15) is 0 Å². The molecular formula is C10H20O3. The van der Waals surface area contributed by atoms with Gasteiger partial charge in [0, 0.05) is 14.2 Å². The van der Waals surface area contributed by atoms with Gasteiger partial charge in [0.1, 0.15) is 6.79 Å². The van der Waals surface area contributed by atoms with Gasteiger partial charge in [0.25, 0.3) is 0 Å². The Hall–Kier alpha value is -0.670. The van der Waals surface area contributed by atoms with Crippen LogP contribution in [-0.4, -0.2) is 34.2 Å². The molecule has 0 saturated carbocycles. The first-order valence-corrected chi connectivity index (χ1v) is 4.33. The van der Waals surface area contributed by atoms with Gasteiger partial charge in [0.2, 0.25) is 0 Å². The maximum Gasteiger partial charge on any atom is 0.106 e. The van der Waals surface area contributed by atoms with Gasteiger partial charge < -0.3 is 14.3 Å². The largest absolute Gasteiger partial charge is 0.382 e. The quantitative estimate of drug-likeness (QED) is 0.500. The fraction of sp³-hybridized carbons (Fsp3) is 0.700. The number of methoxy groups -OCH3 is 2. The molecule has 0 amide bonds. The summed E-state index contributed by atoms with van der Waals surface area (Å²) in [7, 11) is 3.30. The van der Waals surface area contributed by atoms with Crippen molar-refractivity contribution in [2.24, 2.45) is 0 Å². The molecule has 13 heavy (non-hydrogen) atoms. The second-order valence-corrected chi connectivity index (χ2v) is 2.39. The lowest BCUT2D eigenvalue weighted by Gasteiger charge is -1.91. The number of carbonyl (C=O) groups excluding carboxylic acids is 1. The topological polar surface area (TPSA) is 35.5 Å². The zero-order valence-corrected chi connectivity index (χ0v) is 8.62. The van der Waals surface area contributed by atoms with Crippen molar-refractivity contribution in [2.45, 2.75) is 19.3 Å². The lowest BCUT2D eigenvalue weighted by molar-refractivity contribution is -0.0979. The Balaban J connectivity index is 0. The molecule has 0 spiro atoms. The van der Waals surface area contributed by atoms with E-state index in [1.807, 2.05) is 6.79 Å². The van der Waals surface area contributed by atoms with Crippen LogP contribution in [0.2, 0.25) is 0 Å². The van der Waals surface area contributed by atoms with Crippen molar-refractivity contribution < 1.29 is 14.3 Å². The van der Waals surface area contributed by atoms with Gasteiger partial charge in [-0.15, -0.1) is 0 Å². The van der Waals surface area contributed by atoms with E-state index in [4.69, 9.17) is 4.79 Å². The van der Waals surface area contributed by atoms with E-state index in [0.717, 1.165) is 0 Å². The molecule has 0 N–H and O–H groups in total. The predicted molar refractivity (Wildman–Crippen MR) is 53.9 cm³/mol. The molecule has 0 aliphatic heterocycles. The summed E-state index contributed by atoms with van der Waals surface area (Å²) >= 11 is 0. The van der Waals surface area contributed by atoms with Gasteiger partial charge >= 0.3 is 0 Å². The molecule has 3 nitrogen and oxygen atoms in total. The second kappa shape index (κ2) is 17.4. The summed E-state index contributed by atoms with van der Waals surface area (Å²) < 4.78 is 9.31. The zero-order valence-electron chi connectivity index (χ0n) is 8.62. The average Bonchev–Trinajstić information content (AvgIpc) is 2.76. The Morgan fingerprint density at radius 3 is 1.62 bits per heavy atom. The molecule has 0 radical (unpaired) electrons. The van der Waals surface area contributed by atoms with Gasteiger partial charge in [-0.2, -0.15) is 0 Å². The Kier molecular flexibility index (Phi) is 19.9. The third-order valence-corrected chi connectivity index (χ3v) is 1.40. The van der Waals surface area contributed by atoms with Crippen LogP contribution in [0, 0.1) is 0 Å². The normalized spacial score (nSPS) is 12.5. The van der Waals surface area contributed by atoms with Crippen LogP contribution in [0.1, 0.15) is 19.3 Å². The van der Waals surface area contributed by atoms with Crippen LogP contribution in [0.5, 0.6) is 0 Å². The summed E-state index contributed by atoms with van der Waals surface area (Å²) in [6.45, 7) is 3.38. The molecule has 0 fully saturated rings.